The normalized spacial score (nSPS) is 16.8. The van der Waals surface area contributed by atoms with Crippen LogP contribution in [0.25, 0.3) is 11.2 Å². The quantitative estimate of drug-likeness (QED) is 0.185. The molecule has 68 heavy (non-hydrogen) atoms. The molecule has 5 amide bonds. The van der Waals surface area contributed by atoms with Gasteiger partial charge in [-0.15, -0.1) is 10.2 Å². The number of amides is 5. The fraction of sp³-hybridized carbons (Fsp3) is 0.333. The Morgan fingerprint density at radius 3 is 2.13 bits per heavy atom. The second kappa shape index (κ2) is 17.8. The molecule has 2 saturated heterocycles. The molecule has 17 nitrogen and oxygen atoms in total. The Morgan fingerprint density at radius 2 is 1.49 bits per heavy atom. The third-order valence-electron chi connectivity index (χ3n) is 13.2. The van der Waals surface area contributed by atoms with Crippen molar-refractivity contribution in [3.05, 3.63) is 141 Å². The van der Waals surface area contributed by atoms with E-state index in [1.807, 2.05) is 37.3 Å². The molecule has 0 aliphatic carbocycles. The Balaban J connectivity index is 0.809. The van der Waals surface area contributed by atoms with Crippen molar-refractivity contribution in [3.8, 4) is 5.69 Å². The zero-order valence-corrected chi connectivity index (χ0v) is 37.7. The molecule has 6 heterocycles. The van der Waals surface area contributed by atoms with Crippen LogP contribution in [0.3, 0.4) is 0 Å². The fourth-order valence-electron chi connectivity index (χ4n) is 9.23. The lowest BCUT2D eigenvalue weighted by atomic mass is 10.00. The van der Waals surface area contributed by atoms with Crippen molar-refractivity contribution < 1.29 is 37.1 Å². The predicted octanol–water partition coefficient (Wildman–Crippen LogP) is 4.32. The highest BCUT2D eigenvalue weighted by Gasteiger charge is 2.40. The van der Waals surface area contributed by atoms with Crippen LogP contribution in [0.2, 0.25) is 0 Å². The van der Waals surface area contributed by atoms with E-state index < -0.39 is 40.8 Å². The number of carbonyl (C=O) groups is 5. The molecule has 0 radical (unpaired) electrons. The van der Waals surface area contributed by atoms with Crippen LogP contribution in [0, 0.1) is 0 Å². The number of hydrogen-bond donors (Lipinski definition) is 1. The number of anilines is 2. The average Bonchev–Trinajstić information content (AvgIpc) is 4.02. The summed E-state index contributed by atoms with van der Waals surface area (Å²) in [6, 6.07) is 19.8. The summed E-state index contributed by atoms with van der Waals surface area (Å²) in [6.07, 6.45) is -0.605. The monoisotopic (exact) mass is 931 g/mol. The Morgan fingerprint density at radius 1 is 0.824 bits per heavy atom. The molecule has 3 aliphatic rings. The molecule has 3 aromatic heterocycles. The van der Waals surface area contributed by atoms with Gasteiger partial charge in [-0.2, -0.15) is 13.2 Å². The van der Waals surface area contributed by atoms with Crippen molar-refractivity contribution in [2.75, 3.05) is 63.2 Å². The van der Waals surface area contributed by atoms with Gasteiger partial charge in [-0.05, 0) is 78.2 Å². The molecule has 3 aliphatic heterocycles. The predicted molar refractivity (Wildman–Crippen MR) is 244 cm³/mol. The van der Waals surface area contributed by atoms with E-state index in [2.05, 4.69) is 25.3 Å². The van der Waals surface area contributed by atoms with Crippen LogP contribution in [-0.2, 0) is 29.4 Å². The van der Waals surface area contributed by atoms with Gasteiger partial charge in [-0.25, -0.2) is 4.79 Å². The van der Waals surface area contributed by atoms with E-state index in [9.17, 15) is 41.9 Å². The molecule has 1 unspecified atom stereocenters. The van der Waals surface area contributed by atoms with Gasteiger partial charge in [0.25, 0.3) is 17.7 Å². The second-order valence-corrected chi connectivity index (χ2v) is 17.5. The van der Waals surface area contributed by atoms with Crippen molar-refractivity contribution in [1.82, 2.24) is 43.7 Å². The Bertz CT molecular complexity index is 3040. The van der Waals surface area contributed by atoms with Crippen molar-refractivity contribution in [2.45, 2.75) is 44.4 Å². The van der Waals surface area contributed by atoms with Crippen molar-refractivity contribution in [2.24, 2.45) is 7.05 Å². The Hall–Kier alpha value is -7.77. The van der Waals surface area contributed by atoms with Gasteiger partial charge in [0.2, 0.25) is 11.8 Å². The number of imide groups is 1. The molecule has 0 spiro atoms. The van der Waals surface area contributed by atoms with Gasteiger partial charge in [0.1, 0.15) is 18.2 Å². The molecule has 3 aromatic carbocycles. The third kappa shape index (κ3) is 8.56. The molecule has 2 fully saturated rings. The highest BCUT2D eigenvalue weighted by molar-refractivity contribution is 6.05. The summed E-state index contributed by atoms with van der Waals surface area (Å²) in [4.78, 5) is 86.8. The summed E-state index contributed by atoms with van der Waals surface area (Å²) < 4.78 is 47.4. The van der Waals surface area contributed by atoms with Gasteiger partial charge in [-0.3, -0.25) is 38.3 Å². The number of piperidine rings is 1. The van der Waals surface area contributed by atoms with Gasteiger partial charge in [0.15, 0.2) is 0 Å². The first kappa shape index (κ1) is 45.4. The molecule has 9 rings (SSSR count). The molecule has 20 heteroatoms. The highest BCUT2D eigenvalue weighted by atomic mass is 19.4. The zero-order valence-electron chi connectivity index (χ0n) is 37.7. The first-order valence-corrected chi connectivity index (χ1v) is 22.1. The third-order valence-corrected chi connectivity index (χ3v) is 13.2. The minimum atomic E-state index is -4.89. The first-order valence-electron chi connectivity index (χ1n) is 22.1. The standard InChI is InChI=1S/C48H48F3N11O6/c1-29(42-54-52-28-57(42)4)31-6-5-7-36(22-31)60-27-40-38(48(49,50)51)24-33(26-62(40)47(60)68)45(66)56(3)17-16-55(2)44(65)30-8-10-34(11-9-30)58-18-20-59(21-19-58)35-12-13-37-32(23-35)25-61(46(37)67)39-14-15-41(63)53-43(39)64/h5-13,22-24,26-29,39H,14-21,25H2,1-4H3,(H,53,63,64)/t29-,39?/m1/s1. The Labute approximate surface area is 387 Å². The number of aromatic nitrogens is 5. The van der Waals surface area contributed by atoms with E-state index in [0.29, 0.717) is 61.8 Å². The number of piperazine rings is 1. The van der Waals surface area contributed by atoms with Crippen LogP contribution in [0.15, 0.2) is 96.3 Å². The maximum absolute atomic E-state index is 14.6. The molecule has 0 bridgehead atoms. The van der Waals surface area contributed by atoms with Gasteiger partial charge >= 0.3 is 11.9 Å². The number of halogens is 3. The van der Waals surface area contributed by atoms with Crippen LogP contribution in [-0.4, -0.2) is 127 Å². The first-order chi connectivity index (χ1) is 32.5. The topological polar surface area (TPSA) is 171 Å². The molecule has 1 N–H and O–H groups in total. The Kier molecular flexibility index (Phi) is 11.9. The number of benzene rings is 3. The van der Waals surface area contributed by atoms with E-state index >= 15 is 0 Å². The highest BCUT2D eigenvalue weighted by Crippen LogP contribution is 2.35. The zero-order chi connectivity index (χ0) is 48.2. The summed E-state index contributed by atoms with van der Waals surface area (Å²) in [6.45, 7) is 5.07. The molecule has 352 valence electrons. The number of alkyl halides is 3. The van der Waals surface area contributed by atoms with Crippen molar-refractivity contribution in [3.63, 3.8) is 0 Å². The maximum atomic E-state index is 14.6. The maximum Gasteiger partial charge on any atom is 0.418 e. The van der Waals surface area contributed by atoms with Gasteiger partial charge in [0.05, 0.1) is 22.3 Å². The summed E-state index contributed by atoms with van der Waals surface area (Å²) in [7, 11) is 4.80. The lowest BCUT2D eigenvalue weighted by Crippen LogP contribution is -2.52. The molecule has 0 saturated carbocycles. The molecule has 2 atom stereocenters. The van der Waals surface area contributed by atoms with Crippen molar-refractivity contribution >= 4 is 46.4 Å². The average molecular weight is 932 g/mol. The van der Waals surface area contributed by atoms with Crippen molar-refractivity contribution in [1.29, 1.82) is 0 Å². The SMILES string of the molecule is C[C@H](c1cccc(-n2cc3c(C(F)(F)F)cc(C(=O)N(C)CCN(C)C(=O)c4ccc(N5CCN(c6ccc7c(c6)CN(C6CCC(=O)NC6=O)C7=O)CC5)cc4)cn3c2=O)c1)c1nncn1C. The largest absolute Gasteiger partial charge is 0.418 e. The smallest absolute Gasteiger partial charge is 0.368 e. The number of nitrogens with one attached hydrogen (secondary N) is 1. The summed E-state index contributed by atoms with van der Waals surface area (Å²) >= 11 is 0. The van der Waals surface area contributed by atoms with E-state index in [-0.39, 0.29) is 48.7 Å². The number of aryl methyl sites for hydroxylation is 1. The number of nitrogens with zero attached hydrogens (tertiary/aromatic N) is 10. The number of pyridine rings is 1. The minimum absolute atomic E-state index is 0.00610. The van der Waals surface area contributed by atoms with Crippen LogP contribution in [0.4, 0.5) is 24.5 Å². The second-order valence-electron chi connectivity index (χ2n) is 17.5. The van der Waals surface area contributed by atoms with E-state index in [0.717, 1.165) is 49.9 Å². The number of rotatable bonds is 11. The minimum Gasteiger partial charge on any atom is -0.368 e. The van der Waals surface area contributed by atoms with Crippen LogP contribution in [0.1, 0.15) is 79.3 Å². The number of fused-ring (bicyclic) bond motifs is 2. The summed E-state index contributed by atoms with van der Waals surface area (Å²) in [5.41, 5.74) is 2.13. The number of imidazole rings is 1. The number of hydrogen-bond acceptors (Lipinski definition) is 10. The molecule has 6 aromatic rings. The van der Waals surface area contributed by atoms with Crippen LogP contribution >= 0.6 is 0 Å². The summed E-state index contributed by atoms with van der Waals surface area (Å²) in [5.74, 6) is -1.63. The van der Waals surface area contributed by atoms with Crippen LogP contribution < -0.4 is 20.8 Å². The lowest BCUT2D eigenvalue weighted by Gasteiger charge is -2.37. The fourth-order valence-corrected chi connectivity index (χ4v) is 9.23. The van der Waals surface area contributed by atoms with E-state index in [1.165, 1.54) is 21.7 Å². The lowest BCUT2D eigenvalue weighted by molar-refractivity contribution is -0.137. The van der Waals surface area contributed by atoms with Gasteiger partial charge in [0, 0.05) is 114 Å². The molecular weight excluding hydrogens is 884 g/mol. The molecular formula is C48H48F3N11O6. The number of likely N-dealkylation sites (N-methyl/N-ethyl adjacent to an activating group) is 2. The van der Waals surface area contributed by atoms with Crippen LogP contribution in [0.5, 0.6) is 0 Å². The van der Waals surface area contributed by atoms with E-state index in [1.54, 1.807) is 61.4 Å². The van der Waals surface area contributed by atoms with Gasteiger partial charge in [-0.1, -0.05) is 19.1 Å². The van der Waals surface area contributed by atoms with Gasteiger partial charge < -0.3 is 29.1 Å². The summed E-state index contributed by atoms with van der Waals surface area (Å²) in [5, 5.41) is 10.4. The van der Waals surface area contributed by atoms with E-state index in [4.69, 9.17) is 0 Å². The number of carbonyl (C=O) groups excluding carboxylic acids is 5.